The van der Waals surface area contributed by atoms with Crippen LogP contribution in [0.4, 0.5) is 0 Å². The molecule has 4 heteroatoms. The van der Waals surface area contributed by atoms with Crippen LogP contribution in [0.15, 0.2) is 91.0 Å². The third kappa shape index (κ3) is 5.04. The van der Waals surface area contributed by atoms with E-state index in [-0.39, 0.29) is 0 Å². The minimum atomic E-state index is -0.647. The Morgan fingerprint density at radius 3 is 1.79 bits per heavy atom. The Hall–Kier alpha value is -2.50. The lowest BCUT2D eigenvalue weighted by Gasteiger charge is -2.41. The van der Waals surface area contributed by atoms with Crippen molar-refractivity contribution in [1.29, 1.82) is 0 Å². The molecule has 0 saturated carbocycles. The van der Waals surface area contributed by atoms with Crippen LogP contribution in [-0.2, 0) is 15.3 Å². The van der Waals surface area contributed by atoms with E-state index in [1.54, 1.807) is 0 Å². The first-order valence-corrected chi connectivity index (χ1v) is 12.2. The number of hydrogen-bond donors (Lipinski definition) is 1. The van der Waals surface area contributed by atoms with Crippen LogP contribution in [0.2, 0.25) is 0 Å². The Balaban J connectivity index is 1.49. The third-order valence-corrected chi connectivity index (χ3v) is 7.06. The maximum atomic E-state index is 6.30. The molecule has 2 aliphatic heterocycles. The lowest BCUT2D eigenvalue weighted by atomic mass is 9.81. The maximum absolute atomic E-state index is 6.30. The van der Waals surface area contributed by atoms with Gasteiger partial charge < -0.3 is 14.8 Å². The Labute approximate surface area is 197 Å². The second kappa shape index (κ2) is 10.6. The lowest BCUT2D eigenvalue weighted by Crippen LogP contribution is -2.51. The molecule has 0 aromatic heterocycles. The van der Waals surface area contributed by atoms with Crippen molar-refractivity contribution >= 4 is 0 Å². The summed E-state index contributed by atoms with van der Waals surface area (Å²) in [5, 5.41) is 3.53. The molecule has 3 aromatic rings. The summed E-state index contributed by atoms with van der Waals surface area (Å²) in [5.41, 5.74) is 3.86. The Kier molecular flexibility index (Phi) is 7.18. The Morgan fingerprint density at radius 2 is 1.24 bits per heavy atom. The molecule has 33 heavy (non-hydrogen) atoms. The summed E-state index contributed by atoms with van der Waals surface area (Å²) in [6.07, 6.45) is 1.82. The summed E-state index contributed by atoms with van der Waals surface area (Å²) in [6, 6.07) is 32.8. The first-order valence-electron chi connectivity index (χ1n) is 12.2. The van der Waals surface area contributed by atoms with E-state index in [1.807, 2.05) is 0 Å². The molecule has 1 atom stereocenters. The van der Waals surface area contributed by atoms with E-state index in [0.717, 1.165) is 44.6 Å². The van der Waals surface area contributed by atoms with Gasteiger partial charge in [-0.3, -0.25) is 4.90 Å². The van der Waals surface area contributed by atoms with E-state index in [9.17, 15) is 0 Å². The van der Waals surface area contributed by atoms with Gasteiger partial charge in [0.2, 0.25) is 0 Å². The van der Waals surface area contributed by atoms with Crippen molar-refractivity contribution < 1.29 is 9.47 Å². The number of benzene rings is 3. The normalized spacial score (nSPS) is 19.5. The predicted molar refractivity (Wildman–Crippen MR) is 132 cm³/mol. The second-order valence-corrected chi connectivity index (χ2v) is 9.01. The third-order valence-electron chi connectivity index (χ3n) is 7.06. The Bertz CT molecular complexity index is 929. The van der Waals surface area contributed by atoms with E-state index in [1.165, 1.54) is 11.1 Å². The molecule has 1 unspecified atom stereocenters. The van der Waals surface area contributed by atoms with Crippen LogP contribution in [0.1, 0.15) is 35.4 Å². The molecule has 172 valence electrons. The molecule has 2 aliphatic rings. The van der Waals surface area contributed by atoms with Crippen LogP contribution in [0.3, 0.4) is 0 Å². The topological polar surface area (TPSA) is 33.7 Å². The minimum absolute atomic E-state index is 0.291. The molecule has 2 saturated heterocycles. The first kappa shape index (κ1) is 22.3. The quantitative estimate of drug-likeness (QED) is 0.545. The number of nitrogens with zero attached hydrogens (tertiary/aromatic N) is 1. The van der Waals surface area contributed by atoms with Crippen LogP contribution >= 0.6 is 0 Å². The van der Waals surface area contributed by atoms with Gasteiger partial charge in [-0.25, -0.2) is 0 Å². The average Bonchev–Trinajstić information content (AvgIpc) is 3.39. The summed E-state index contributed by atoms with van der Waals surface area (Å²) in [4.78, 5) is 2.68. The standard InChI is InChI=1S/C29H34N2O2/c1-4-10-24(11-5-1)28(25-12-6-2-7-13-25)27(31-20-18-30-19-21-31)16-17-29(32-22-23-33-29)26-14-8-3-9-15-26/h1-15,27-28,30H,16-23H2. The van der Waals surface area contributed by atoms with E-state index >= 15 is 0 Å². The van der Waals surface area contributed by atoms with Crippen LogP contribution < -0.4 is 5.32 Å². The van der Waals surface area contributed by atoms with Crippen molar-refractivity contribution in [3.63, 3.8) is 0 Å². The molecule has 3 aromatic carbocycles. The van der Waals surface area contributed by atoms with Crippen molar-refractivity contribution in [2.75, 3.05) is 39.4 Å². The van der Waals surface area contributed by atoms with Gasteiger partial charge in [-0.2, -0.15) is 0 Å². The summed E-state index contributed by atoms with van der Waals surface area (Å²) in [5.74, 6) is -0.356. The summed E-state index contributed by atoms with van der Waals surface area (Å²) in [6.45, 7) is 5.47. The number of ether oxygens (including phenoxy) is 2. The molecule has 0 aliphatic carbocycles. The van der Waals surface area contributed by atoms with Crippen molar-refractivity contribution in [3.8, 4) is 0 Å². The van der Waals surface area contributed by atoms with E-state index < -0.39 is 5.79 Å². The van der Waals surface area contributed by atoms with E-state index in [0.29, 0.717) is 25.2 Å². The van der Waals surface area contributed by atoms with Gasteiger partial charge in [0, 0.05) is 50.1 Å². The molecule has 1 N–H and O–H groups in total. The fourth-order valence-electron chi connectivity index (χ4n) is 5.47. The number of hydrogen-bond acceptors (Lipinski definition) is 4. The molecule has 0 bridgehead atoms. The van der Waals surface area contributed by atoms with Crippen LogP contribution in [-0.4, -0.2) is 50.3 Å². The van der Waals surface area contributed by atoms with Crippen molar-refractivity contribution in [1.82, 2.24) is 10.2 Å². The van der Waals surface area contributed by atoms with Gasteiger partial charge >= 0.3 is 0 Å². The van der Waals surface area contributed by atoms with Crippen LogP contribution in [0, 0.1) is 0 Å². The number of rotatable bonds is 8. The van der Waals surface area contributed by atoms with Crippen molar-refractivity contribution in [3.05, 3.63) is 108 Å². The monoisotopic (exact) mass is 442 g/mol. The minimum Gasteiger partial charge on any atom is -0.343 e. The van der Waals surface area contributed by atoms with Crippen LogP contribution in [0.25, 0.3) is 0 Å². The smallest absolute Gasteiger partial charge is 0.195 e. The molecule has 2 fully saturated rings. The summed E-state index contributed by atoms with van der Waals surface area (Å²) >= 11 is 0. The zero-order valence-electron chi connectivity index (χ0n) is 19.2. The van der Waals surface area contributed by atoms with Gasteiger partial charge in [-0.15, -0.1) is 0 Å². The molecular weight excluding hydrogens is 408 g/mol. The van der Waals surface area contributed by atoms with Gasteiger partial charge in [-0.1, -0.05) is 91.0 Å². The predicted octanol–water partition coefficient (Wildman–Crippen LogP) is 4.77. The summed E-state index contributed by atoms with van der Waals surface area (Å²) < 4.78 is 12.6. The summed E-state index contributed by atoms with van der Waals surface area (Å²) in [7, 11) is 0. The highest BCUT2D eigenvalue weighted by Crippen LogP contribution is 2.40. The van der Waals surface area contributed by atoms with Crippen molar-refractivity contribution in [2.24, 2.45) is 0 Å². The van der Waals surface area contributed by atoms with Gasteiger partial charge in [0.15, 0.2) is 5.79 Å². The lowest BCUT2D eigenvalue weighted by molar-refractivity contribution is -0.174. The molecule has 0 radical (unpaired) electrons. The van der Waals surface area contributed by atoms with E-state index in [4.69, 9.17) is 9.47 Å². The highest BCUT2D eigenvalue weighted by molar-refractivity contribution is 5.34. The zero-order chi connectivity index (χ0) is 22.3. The van der Waals surface area contributed by atoms with Crippen molar-refractivity contribution in [2.45, 2.75) is 30.6 Å². The molecular formula is C29H34N2O2. The number of nitrogens with one attached hydrogen (secondary N) is 1. The molecule has 0 spiro atoms. The zero-order valence-corrected chi connectivity index (χ0v) is 19.2. The van der Waals surface area contributed by atoms with Gasteiger partial charge in [0.05, 0.1) is 13.2 Å². The van der Waals surface area contributed by atoms with Gasteiger partial charge in [-0.05, 0) is 17.5 Å². The highest BCUT2D eigenvalue weighted by Gasteiger charge is 2.41. The van der Waals surface area contributed by atoms with Crippen LogP contribution in [0.5, 0.6) is 0 Å². The largest absolute Gasteiger partial charge is 0.343 e. The molecule has 0 amide bonds. The molecule has 4 nitrogen and oxygen atoms in total. The van der Waals surface area contributed by atoms with Gasteiger partial charge in [0.1, 0.15) is 0 Å². The van der Waals surface area contributed by atoms with E-state index in [2.05, 4.69) is 101 Å². The molecule has 2 heterocycles. The fraction of sp³-hybridized carbons (Fsp3) is 0.379. The van der Waals surface area contributed by atoms with Gasteiger partial charge in [0.25, 0.3) is 0 Å². The fourth-order valence-corrected chi connectivity index (χ4v) is 5.47. The first-order chi connectivity index (χ1) is 16.4. The Morgan fingerprint density at radius 1 is 0.727 bits per heavy atom. The second-order valence-electron chi connectivity index (χ2n) is 9.01. The maximum Gasteiger partial charge on any atom is 0.195 e. The SMILES string of the molecule is c1ccc(C(c2ccccc2)C(CCC2(c3ccccc3)OCCO2)N2CCNCC2)cc1. The average molecular weight is 443 g/mol. The highest BCUT2D eigenvalue weighted by atomic mass is 16.7. The molecule has 5 rings (SSSR count). The number of piperazine rings is 1.